The molecule has 0 atom stereocenters. The van der Waals surface area contributed by atoms with Gasteiger partial charge in [-0.3, -0.25) is 0 Å². The molecule has 0 aromatic carbocycles. The molecule has 2 heterocycles. The van der Waals surface area contributed by atoms with E-state index in [1.165, 1.54) is 23.4 Å². The van der Waals surface area contributed by atoms with Crippen molar-refractivity contribution < 1.29 is 4.42 Å². The van der Waals surface area contributed by atoms with Crippen molar-refractivity contribution in [2.45, 2.75) is 45.7 Å². The predicted octanol–water partition coefficient (Wildman–Crippen LogP) is 3.85. The zero-order chi connectivity index (χ0) is 13.2. The topological polar surface area (TPSA) is 38.1 Å². The van der Waals surface area contributed by atoms with Crippen molar-refractivity contribution in [3.05, 3.63) is 29.0 Å². The van der Waals surface area contributed by atoms with Gasteiger partial charge < -0.3 is 9.73 Å². The number of nitrogens with one attached hydrogen (secondary N) is 1. The summed E-state index contributed by atoms with van der Waals surface area (Å²) in [5.41, 5.74) is 1.24. The van der Waals surface area contributed by atoms with Crippen LogP contribution in [-0.2, 0) is 13.0 Å². The zero-order valence-electron chi connectivity index (χ0n) is 11.5. The summed E-state index contributed by atoms with van der Waals surface area (Å²) in [6, 6.07) is 4.64. The van der Waals surface area contributed by atoms with E-state index in [4.69, 9.17) is 9.40 Å². The molecule has 3 nitrogen and oxygen atoms in total. The third-order valence-corrected chi connectivity index (χ3v) is 4.35. The number of hydrogen-bond donors (Lipinski definition) is 1. The molecule has 102 valence electrons. The lowest BCUT2D eigenvalue weighted by molar-refractivity contribution is 0.580. The second kappa shape index (κ2) is 5.47. The Balaban J connectivity index is 1.81. The molecule has 2 aromatic heterocycles. The molecule has 19 heavy (non-hydrogen) atoms. The summed E-state index contributed by atoms with van der Waals surface area (Å²) < 4.78 is 5.46. The number of rotatable bonds is 6. The lowest BCUT2D eigenvalue weighted by Gasteiger charge is -2.05. The first-order chi connectivity index (χ1) is 9.22. The second-order valence-electron chi connectivity index (χ2n) is 5.62. The van der Waals surface area contributed by atoms with Gasteiger partial charge in [0.25, 0.3) is 0 Å². The van der Waals surface area contributed by atoms with E-state index in [-0.39, 0.29) is 0 Å². The molecule has 0 radical (unpaired) electrons. The molecule has 3 rings (SSSR count). The molecule has 0 unspecified atom stereocenters. The van der Waals surface area contributed by atoms with Crippen LogP contribution in [0.4, 0.5) is 0 Å². The van der Waals surface area contributed by atoms with Gasteiger partial charge in [-0.05, 0) is 37.3 Å². The first-order valence-corrected chi connectivity index (χ1v) is 7.80. The number of aromatic nitrogens is 1. The lowest BCUT2D eigenvalue weighted by atomic mass is 10.1. The van der Waals surface area contributed by atoms with Crippen molar-refractivity contribution in [2.24, 2.45) is 5.92 Å². The molecule has 1 N–H and O–H groups in total. The molecular formula is C15H20N2OS. The van der Waals surface area contributed by atoms with Crippen molar-refractivity contribution in [1.29, 1.82) is 0 Å². The van der Waals surface area contributed by atoms with Gasteiger partial charge in [-0.15, -0.1) is 11.3 Å². The average Bonchev–Trinajstić information content (AvgIpc) is 2.89. The van der Waals surface area contributed by atoms with E-state index >= 15 is 0 Å². The van der Waals surface area contributed by atoms with Gasteiger partial charge in [-0.2, -0.15) is 0 Å². The van der Waals surface area contributed by atoms with E-state index in [2.05, 4.69) is 19.2 Å². The van der Waals surface area contributed by atoms with Crippen LogP contribution < -0.4 is 5.32 Å². The molecule has 0 bridgehead atoms. The summed E-state index contributed by atoms with van der Waals surface area (Å²) in [6.07, 6.45) is 5.40. The molecule has 0 aliphatic heterocycles. The molecule has 0 saturated heterocycles. The highest BCUT2D eigenvalue weighted by atomic mass is 32.1. The van der Waals surface area contributed by atoms with Crippen LogP contribution >= 0.6 is 11.3 Å². The Hall–Kier alpha value is -1.13. The summed E-state index contributed by atoms with van der Waals surface area (Å²) in [4.78, 5) is 6.14. The fourth-order valence-corrected chi connectivity index (χ4v) is 3.11. The minimum atomic E-state index is 0.631. The molecule has 1 fully saturated rings. The van der Waals surface area contributed by atoms with Crippen LogP contribution in [0.15, 0.2) is 22.8 Å². The fourth-order valence-electron chi connectivity index (χ4n) is 2.10. The summed E-state index contributed by atoms with van der Waals surface area (Å²) in [5, 5.41) is 4.59. The summed E-state index contributed by atoms with van der Waals surface area (Å²) >= 11 is 1.76. The molecule has 4 heteroatoms. The summed E-state index contributed by atoms with van der Waals surface area (Å²) in [7, 11) is 0. The smallest absolute Gasteiger partial charge is 0.162 e. The fraction of sp³-hybridized carbons (Fsp3) is 0.533. The Bertz CT molecular complexity index is 526. The van der Waals surface area contributed by atoms with E-state index in [0.717, 1.165) is 29.8 Å². The van der Waals surface area contributed by atoms with Crippen LogP contribution in [0.25, 0.3) is 10.8 Å². The molecular weight excluding hydrogens is 256 g/mol. The van der Waals surface area contributed by atoms with E-state index in [0.29, 0.717) is 5.92 Å². The normalized spacial score (nSPS) is 15.3. The first-order valence-electron chi connectivity index (χ1n) is 6.98. The summed E-state index contributed by atoms with van der Waals surface area (Å²) in [6.45, 7) is 5.43. The van der Waals surface area contributed by atoms with E-state index in [9.17, 15) is 0 Å². The van der Waals surface area contributed by atoms with E-state index < -0.39 is 0 Å². The van der Waals surface area contributed by atoms with Gasteiger partial charge in [0.05, 0.1) is 12.0 Å². The van der Waals surface area contributed by atoms with Crippen molar-refractivity contribution in [3.8, 4) is 10.8 Å². The third kappa shape index (κ3) is 3.25. The predicted molar refractivity (Wildman–Crippen MR) is 78.2 cm³/mol. The highest BCUT2D eigenvalue weighted by Crippen LogP contribution is 2.30. The van der Waals surface area contributed by atoms with E-state index in [1.54, 1.807) is 17.6 Å². The molecule has 1 aliphatic rings. The Kier molecular flexibility index (Phi) is 3.71. The lowest BCUT2D eigenvalue weighted by Crippen LogP contribution is -2.15. The van der Waals surface area contributed by atoms with Gasteiger partial charge in [-0.25, -0.2) is 4.98 Å². The first kappa shape index (κ1) is 12.9. The van der Waals surface area contributed by atoms with Gasteiger partial charge in [0.2, 0.25) is 0 Å². The van der Waals surface area contributed by atoms with Gasteiger partial charge in [-0.1, -0.05) is 13.8 Å². The second-order valence-corrected chi connectivity index (χ2v) is 6.70. The van der Waals surface area contributed by atoms with Gasteiger partial charge in [0, 0.05) is 17.5 Å². The van der Waals surface area contributed by atoms with Crippen molar-refractivity contribution in [2.75, 3.05) is 0 Å². The highest BCUT2D eigenvalue weighted by molar-refractivity contribution is 7.15. The van der Waals surface area contributed by atoms with Crippen LogP contribution in [-0.4, -0.2) is 11.0 Å². The Labute approximate surface area is 118 Å². The SMILES string of the molecule is CC(C)Cc1nc(-c2ccco2)sc1CNC1CC1. The minimum Gasteiger partial charge on any atom is -0.462 e. The Morgan fingerprint density at radius 2 is 2.32 bits per heavy atom. The van der Waals surface area contributed by atoms with Crippen LogP contribution in [0.3, 0.4) is 0 Å². The van der Waals surface area contributed by atoms with Crippen molar-refractivity contribution >= 4 is 11.3 Å². The largest absolute Gasteiger partial charge is 0.462 e. The minimum absolute atomic E-state index is 0.631. The maximum Gasteiger partial charge on any atom is 0.162 e. The Morgan fingerprint density at radius 3 is 2.95 bits per heavy atom. The van der Waals surface area contributed by atoms with E-state index in [1.807, 2.05) is 12.1 Å². The number of thiazole rings is 1. The molecule has 1 saturated carbocycles. The standard InChI is InChI=1S/C15H20N2OS/c1-10(2)8-12-14(9-16-11-5-6-11)19-15(17-12)13-4-3-7-18-13/h3-4,7,10-11,16H,5-6,8-9H2,1-2H3. The molecule has 0 amide bonds. The van der Waals surface area contributed by atoms with Crippen molar-refractivity contribution in [1.82, 2.24) is 10.3 Å². The van der Waals surface area contributed by atoms with Crippen LogP contribution in [0.5, 0.6) is 0 Å². The summed E-state index contributed by atoms with van der Waals surface area (Å²) in [5.74, 6) is 1.51. The number of hydrogen-bond acceptors (Lipinski definition) is 4. The average molecular weight is 276 g/mol. The molecule has 0 spiro atoms. The van der Waals surface area contributed by atoms with Gasteiger partial charge in [0.15, 0.2) is 10.8 Å². The van der Waals surface area contributed by atoms with Gasteiger partial charge >= 0.3 is 0 Å². The highest BCUT2D eigenvalue weighted by Gasteiger charge is 2.22. The molecule has 1 aliphatic carbocycles. The Morgan fingerprint density at radius 1 is 1.47 bits per heavy atom. The van der Waals surface area contributed by atoms with Crippen LogP contribution in [0, 0.1) is 5.92 Å². The van der Waals surface area contributed by atoms with Crippen LogP contribution in [0.2, 0.25) is 0 Å². The molecule has 2 aromatic rings. The van der Waals surface area contributed by atoms with Crippen LogP contribution in [0.1, 0.15) is 37.3 Å². The number of furan rings is 1. The van der Waals surface area contributed by atoms with Gasteiger partial charge in [0.1, 0.15) is 0 Å². The third-order valence-electron chi connectivity index (χ3n) is 3.24. The monoisotopic (exact) mass is 276 g/mol. The number of nitrogens with zero attached hydrogens (tertiary/aromatic N) is 1. The quantitative estimate of drug-likeness (QED) is 0.870. The van der Waals surface area contributed by atoms with Crippen molar-refractivity contribution in [3.63, 3.8) is 0 Å². The maximum absolute atomic E-state index is 5.46. The maximum atomic E-state index is 5.46. The zero-order valence-corrected chi connectivity index (χ0v) is 12.3.